The molecule has 1 aliphatic rings. The Hall–Kier alpha value is -2.14. The molecule has 3 nitrogen and oxygen atoms in total. The smallest absolute Gasteiger partial charge is 0.128 e. The summed E-state index contributed by atoms with van der Waals surface area (Å²) in [5, 5.41) is 19.5. The number of aromatic hydroxyl groups is 1. The van der Waals surface area contributed by atoms with Crippen LogP contribution in [0.3, 0.4) is 0 Å². The van der Waals surface area contributed by atoms with E-state index < -0.39 is 23.8 Å². The summed E-state index contributed by atoms with van der Waals surface area (Å²) in [4.78, 5) is 0. The topological polar surface area (TPSA) is 49.7 Å². The first-order chi connectivity index (χ1) is 9.52. The number of ether oxygens (including phenoxy) is 1. The maximum absolute atomic E-state index is 13.3. The summed E-state index contributed by atoms with van der Waals surface area (Å²) in [6.07, 6.45) is -1.25. The first kappa shape index (κ1) is 12.9. The molecule has 104 valence electrons. The Balaban J connectivity index is 1.98. The molecule has 5 heteroatoms. The number of phenols is 1. The summed E-state index contributed by atoms with van der Waals surface area (Å²) in [6, 6.07) is 7.47. The second-order valence-electron chi connectivity index (χ2n) is 4.78. The van der Waals surface area contributed by atoms with Crippen molar-refractivity contribution < 1.29 is 23.7 Å². The van der Waals surface area contributed by atoms with Gasteiger partial charge in [0.2, 0.25) is 0 Å². The normalized spacial score (nSPS) is 21.1. The molecule has 2 atom stereocenters. The van der Waals surface area contributed by atoms with Gasteiger partial charge in [0.1, 0.15) is 29.2 Å². The summed E-state index contributed by atoms with van der Waals surface area (Å²) in [5.74, 6) is -1.05. The predicted molar refractivity (Wildman–Crippen MR) is 67.4 cm³/mol. The van der Waals surface area contributed by atoms with E-state index in [0.29, 0.717) is 11.1 Å². The highest BCUT2D eigenvalue weighted by Crippen LogP contribution is 2.41. The fourth-order valence-electron chi connectivity index (χ4n) is 2.40. The van der Waals surface area contributed by atoms with E-state index in [1.165, 1.54) is 30.3 Å². The van der Waals surface area contributed by atoms with Gasteiger partial charge in [0.05, 0.1) is 6.10 Å². The summed E-state index contributed by atoms with van der Waals surface area (Å²) < 4.78 is 32.1. The number of aliphatic hydroxyl groups excluding tert-OH is 1. The van der Waals surface area contributed by atoms with Crippen LogP contribution in [-0.2, 0) is 0 Å². The summed E-state index contributed by atoms with van der Waals surface area (Å²) in [6.45, 7) is 0. The highest BCUT2D eigenvalue weighted by Gasteiger charge is 2.28. The number of aliphatic hydroxyl groups is 1. The first-order valence-electron chi connectivity index (χ1n) is 6.16. The Kier molecular flexibility index (Phi) is 3.06. The number of fused-ring (bicyclic) bond motifs is 1. The molecule has 0 amide bonds. The van der Waals surface area contributed by atoms with E-state index in [4.69, 9.17) is 4.74 Å². The average molecular weight is 278 g/mol. The van der Waals surface area contributed by atoms with Gasteiger partial charge in [-0.1, -0.05) is 0 Å². The molecule has 2 aromatic rings. The maximum Gasteiger partial charge on any atom is 0.128 e. The van der Waals surface area contributed by atoms with Crippen LogP contribution >= 0.6 is 0 Å². The van der Waals surface area contributed by atoms with Crippen LogP contribution in [0, 0.1) is 11.6 Å². The van der Waals surface area contributed by atoms with E-state index in [9.17, 15) is 19.0 Å². The van der Waals surface area contributed by atoms with Crippen LogP contribution in [0.4, 0.5) is 8.78 Å². The van der Waals surface area contributed by atoms with Gasteiger partial charge in [-0.15, -0.1) is 0 Å². The van der Waals surface area contributed by atoms with Crippen molar-refractivity contribution in [3.05, 3.63) is 59.2 Å². The number of hydrogen-bond acceptors (Lipinski definition) is 3. The van der Waals surface area contributed by atoms with Gasteiger partial charge in [0.25, 0.3) is 0 Å². The van der Waals surface area contributed by atoms with Crippen molar-refractivity contribution in [3.8, 4) is 11.5 Å². The second kappa shape index (κ2) is 4.76. The lowest BCUT2D eigenvalue weighted by molar-refractivity contribution is 0.0651. The third-order valence-corrected chi connectivity index (χ3v) is 3.32. The molecule has 2 N–H and O–H groups in total. The molecular formula is C15H12F2O3. The van der Waals surface area contributed by atoms with Gasteiger partial charge in [-0.05, 0) is 29.8 Å². The van der Waals surface area contributed by atoms with Crippen molar-refractivity contribution in [1.29, 1.82) is 0 Å². The molecule has 0 aromatic heterocycles. The van der Waals surface area contributed by atoms with Crippen LogP contribution < -0.4 is 4.74 Å². The molecule has 0 saturated heterocycles. The molecule has 0 aliphatic carbocycles. The summed E-state index contributed by atoms with van der Waals surface area (Å²) in [5.41, 5.74) is 0.903. The van der Waals surface area contributed by atoms with Crippen molar-refractivity contribution in [2.45, 2.75) is 18.6 Å². The Morgan fingerprint density at radius 2 is 1.85 bits per heavy atom. The molecule has 1 aliphatic heterocycles. The molecule has 1 heterocycles. The van der Waals surface area contributed by atoms with Crippen molar-refractivity contribution in [1.82, 2.24) is 0 Å². The molecule has 0 bridgehead atoms. The molecule has 2 aromatic carbocycles. The SMILES string of the molecule is Oc1cc(F)cc(C2C[C@@H](O)c3ccc(F)cc3O2)c1. The molecule has 20 heavy (non-hydrogen) atoms. The molecule has 0 fully saturated rings. The van der Waals surface area contributed by atoms with Crippen LogP contribution in [0.15, 0.2) is 36.4 Å². The van der Waals surface area contributed by atoms with Gasteiger partial charge in [-0.25, -0.2) is 8.78 Å². The van der Waals surface area contributed by atoms with E-state index in [-0.39, 0.29) is 17.9 Å². The van der Waals surface area contributed by atoms with Crippen LogP contribution in [0.5, 0.6) is 11.5 Å². The quantitative estimate of drug-likeness (QED) is 0.842. The Labute approximate surface area is 114 Å². The van der Waals surface area contributed by atoms with E-state index in [1.54, 1.807) is 0 Å². The van der Waals surface area contributed by atoms with Gasteiger partial charge in [0.15, 0.2) is 0 Å². The monoisotopic (exact) mass is 278 g/mol. The predicted octanol–water partition coefficient (Wildman–Crippen LogP) is 3.23. The Morgan fingerprint density at radius 1 is 1.05 bits per heavy atom. The zero-order valence-electron chi connectivity index (χ0n) is 10.4. The lowest BCUT2D eigenvalue weighted by atomic mass is 9.95. The van der Waals surface area contributed by atoms with Crippen LogP contribution in [-0.4, -0.2) is 10.2 Å². The fourth-order valence-corrected chi connectivity index (χ4v) is 2.40. The fraction of sp³-hybridized carbons (Fsp3) is 0.200. The van der Waals surface area contributed by atoms with Gasteiger partial charge in [-0.3, -0.25) is 0 Å². The van der Waals surface area contributed by atoms with Gasteiger partial charge in [-0.2, -0.15) is 0 Å². The minimum absolute atomic E-state index is 0.210. The zero-order valence-corrected chi connectivity index (χ0v) is 10.4. The third kappa shape index (κ3) is 2.32. The lowest BCUT2D eigenvalue weighted by Crippen LogP contribution is -2.19. The van der Waals surface area contributed by atoms with E-state index in [2.05, 4.69) is 0 Å². The number of phenolic OH excluding ortho intramolecular Hbond substituents is 1. The number of rotatable bonds is 1. The molecular weight excluding hydrogens is 266 g/mol. The van der Waals surface area contributed by atoms with Crippen LogP contribution in [0.2, 0.25) is 0 Å². The lowest BCUT2D eigenvalue weighted by Gasteiger charge is -2.30. The van der Waals surface area contributed by atoms with E-state index in [0.717, 1.165) is 6.07 Å². The van der Waals surface area contributed by atoms with Crippen molar-refractivity contribution in [2.75, 3.05) is 0 Å². The first-order valence-corrected chi connectivity index (χ1v) is 6.16. The van der Waals surface area contributed by atoms with Gasteiger partial charge < -0.3 is 14.9 Å². The standard InChI is InChI=1S/C15H12F2O3/c16-9-1-2-12-13(19)7-14(20-15(12)6-9)8-3-10(17)5-11(18)4-8/h1-6,13-14,18-19H,7H2/t13-,14?/m1/s1. The Bertz CT molecular complexity index is 637. The molecule has 0 saturated carbocycles. The summed E-state index contributed by atoms with van der Waals surface area (Å²) >= 11 is 0. The van der Waals surface area contributed by atoms with Crippen molar-refractivity contribution >= 4 is 0 Å². The number of hydrogen-bond donors (Lipinski definition) is 2. The van der Waals surface area contributed by atoms with Crippen molar-refractivity contribution in [2.24, 2.45) is 0 Å². The van der Waals surface area contributed by atoms with E-state index in [1.807, 2.05) is 0 Å². The molecule has 0 radical (unpaired) electrons. The minimum Gasteiger partial charge on any atom is -0.508 e. The average Bonchev–Trinajstić information content (AvgIpc) is 2.36. The number of benzene rings is 2. The highest BCUT2D eigenvalue weighted by atomic mass is 19.1. The minimum atomic E-state index is -0.824. The van der Waals surface area contributed by atoms with Crippen molar-refractivity contribution in [3.63, 3.8) is 0 Å². The van der Waals surface area contributed by atoms with Gasteiger partial charge >= 0.3 is 0 Å². The molecule has 1 unspecified atom stereocenters. The van der Waals surface area contributed by atoms with E-state index >= 15 is 0 Å². The third-order valence-electron chi connectivity index (χ3n) is 3.32. The van der Waals surface area contributed by atoms with Crippen LogP contribution in [0.1, 0.15) is 29.8 Å². The van der Waals surface area contributed by atoms with Crippen LogP contribution in [0.25, 0.3) is 0 Å². The maximum atomic E-state index is 13.3. The highest BCUT2D eigenvalue weighted by molar-refractivity contribution is 5.40. The number of halogens is 2. The Morgan fingerprint density at radius 3 is 2.60 bits per heavy atom. The largest absolute Gasteiger partial charge is 0.508 e. The molecule has 3 rings (SSSR count). The second-order valence-corrected chi connectivity index (χ2v) is 4.78. The molecule has 0 spiro atoms. The van der Waals surface area contributed by atoms with Gasteiger partial charge in [0, 0.05) is 24.1 Å². The summed E-state index contributed by atoms with van der Waals surface area (Å²) in [7, 11) is 0. The zero-order chi connectivity index (χ0) is 14.3.